The van der Waals surface area contributed by atoms with E-state index < -0.39 is 0 Å². The van der Waals surface area contributed by atoms with Crippen LogP contribution in [0.25, 0.3) is 11.1 Å². The molecule has 1 atom stereocenters. The minimum Gasteiger partial charge on any atom is -0.507 e. The number of anilines is 1. The van der Waals surface area contributed by atoms with Crippen LogP contribution in [0.4, 0.5) is 5.69 Å². The first-order valence-corrected chi connectivity index (χ1v) is 11.1. The van der Waals surface area contributed by atoms with Gasteiger partial charge in [-0.15, -0.1) is 0 Å². The number of nitrogens with one attached hydrogen (secondary N) is 1. The van der Waals surface area contributed by atoms with Crippen molar-refractivity contribution in [2.45, 2.75) is 59.4 Å². The van der Waals surface area contributed by atoms with E-state index in [-0.39, 0.29) is 11.8 Å². The second-order valence-electron chi connectivity index (χ2n) is 8.94. The number of benzene rings is 3. The molecule has 0 aromatic heterocycles. The highest BCUT2D eigenvalue weighted by Crippen LogP contribution is 2.42. The van der Waals surface area contributed by atoms with Crippen LogP contribution >= 0.6 is 0 Å². The lowest BCUT2D eigenvalue weighted by Gasteiger charge is -2.26. The molecule has 0 heterocycles. The molecular weight excluding hydrogens is 382 g/mol. The third kappa shape index (κ3) is 4.71. The van der Waals surface area contributed by atoms with Gasteiger partial charge in [-0.1, -0.05) is 70.2 Å². The molecule has 31 heavy (non-hydrogen) atoms. The molecule has 0 aliphatic carbocycles. The Hall–Kier alpha value is -2.94. The average Bonchev–Trinajstić information content (AvgIpc) is 2.73. The van der Waals surface area contributed by atoms with Crippen molar-refractivity contribution in [3.05, 3.63) is 76.9 Å². The lowest BCUT2D eigenvalue weighted by Crippen LogP contribution is -2.13. The number of hydrogen-bond donors (Lipinski definition) is 2. The van der Waals surface area contributed by atoms with Crippen molar-refractivity contribution < 1.29 is 9.84 Å². The van der Waals surface area contributed by atoms with Gasteiger partial charge in [0.2, 0.25) is 0 Å². The van der Waals surface area contributed by atoms with Crippen LogP contribution in [0.1, 0.15) is 74.8 Å². The van der Waals surface area contributed by atoms with Crippen molar-refractivity contribution in [3.8, 4) is 22.6 Å². The monoisotopic (exact) mass is 417 g/mol. The third-order valence-corrected chi connectivity index (χ3v) is 5.86. The van der Waals surface area contributed by atoms with Crippen molar-refractivity contribution in [1.82, 2.24) is 0 Å². The Bertz CT molecular complexity index is 1030. The van der Waals surface area contributed by atoms with E-state index in [1.807, 2.05) is 18.2 Å². The maximum absolute atomic E-state index is 10.5. The number of hydrogen-bond acceptors (Lipinski definition) is 3. The van der Waals surface area contributed by atoms with Crippen molar-refractivity contribution in [3.63, 3.8) is 0 Å². The van der Waals surface area contributed by atoms with Crippen LogP contribution in [0.5, 0.6) is 11.5 Å². The van der Waals surface area contributed by atoms with Crippen LogP contribution in [0.2, 0.25) is 0 Å². The molecule has 3 heteroatoms. The van der Waals surface area contributed by atoms with Crippen LogP contribution in [0, 0.1) is 6.92 Å². The highest BCUT2D eigenvalue weighted by Gasteiger charge is 2.21. The Balaban J connectivity index is 2.12. The Morgan fingerprint density at radius 1 is 0.774 bits per heavy atom. The van der Waals surface area contributed by atoms with E-state index in [2.05, 4.69) is 77.2 Å². The zero-order valence-electron chi connectivity index (χ0n) is 19.8. The van der Waals surface area contributed by atoms with E-state index in [0.29, 0.717) is 11.8 Å². The standard InChI is InChI=1S/C28H35NO2/c1-17(2)21-12-10-13-22(18(3)4)27(21)29-20(6)24-15-19(5)16-25(28(24)31-7)23-11-8-9-14-26(23)30/h8-18,20,29-30H,1-7H3. The number of methoxy groups -OCH3 is 1. The average molecular weight is 418 g/mol. The van der Waals surface area contributed by atoms with E-state index in [1.165, 1.54) is 16.8 Å². The first kappa shape index (κ1) is 22.7. The smallest absolute Gasteiger partial charge is 0.132 e. The topological polar surface area (TPSA) is 41.5 Å². The van der Waals surface area contributed by atoms with Gasteiger partial charge in [0.05, 0.1) is 13.2 Å². The molecule has 0 radical (unpaired) electrons. The van der Waals surface area contributed by atoms with Gasteiger partial charge in [-0.2, -0.15) is 0 Å². The summed E-state index contributed by atoms with van der Waals surface area (Å²) in [6.07, 6.45) is 0. The molecule has 0 saturated heterocycles. The van der Waals surface area contributed by atoms with Crippen LogP contribution in [-0.2, 0) is 0 Å². The van der Waals surface area contributed by atoms with Crippen LogP contribution in [0.15, 0.2) is 54.6 Å². The summed E-state index contributed by atoms with van der Waals surface area (Å²) in [4.78, 5) is 0. The molecule has 3 aromatic carbocycles. The van der Waals surface area contributed by atoms with Crippen molar-refractivity contribution in [1.29, 1.82) is 0 Å². The summed E-state index contributed by atoms with van der Waals surface area (Å²) in [5.74, 6) is 1.89. The fraction of sp³-hybridized carbons (Fsp3) is 0.357. The summed E-state index contributed by atoms with van der Waals surface area (Å²) in [6, 6.07) is 18.3. The van der Waals surface area contributed by atoms with Gasteiger partial charge in [-0.25, -0.2) is 0 Å². The first-order valence-electron chi connectivity index (χ1n) is 11.1. The van der Waals surface area contributed by atoms with Gasteiger partial charge >= 0.3 is 0 Å². The number of phenolic OH excluding ortho intramolecular Hbond substituents is 1. The van der Waals surface area contributed by atoms with Gasteiger partial charge in [-0.05, 0) is 54.5 Å². The summed E-state index contributed by atoms with van der Waals surface area (Å²) in [7, 11) is 1.70. The quantitative estimate of drug-likeness (QED) is 0.412. The number of ether oxygens (including phenoxy) is 1. The second-order valence-corrected chi connectivity index (χ2v) is 8.94. The van der Waals surface area contributed by atoms with Crippen LogP contribution in [0.3, 0.4) is 0 Å². The number of para-hydroxylation sites is 2. The Kier molecular flexibility index (Phi) is 6.94. The fourth-order valence-corrected chi connectivity index (χ4v) is 4.26. The largest absolute Gasteiger partial charge is 0.507 e. The number of aromatic hydroxyl groups is 1. The molecule has 0 spiro atoms. The highest BCUT2D eigenvalue weighted by molar-refractivity contribution is 5.78. The van der Waals surface area contributed by atoms with E-state index >= 15 is 0 Å². The highest BCUT2D eigenvalue weighted by atomic mass is 16.5. The fourth-order valence-electron chi connectivity index (χ4n) is 4.26. The Morgan fingerprint density at radius 2 is 1.39 bits per heavy atom. The summed E-state index contributed by atoms with van der Waals surface area (Å²) >= 11 is 0. The molecule has 2 N–H and O–H groups in total. The minimum atomic E-state index is 0.0249. The molecule has 0 aliphatic rings. The molecule has 3 nitrogen and oxygen atoms in total. The molecule has 164 valence electrons. The van der Waals surface area contributed by atoms with E-state index in [1.54, 1.807) is 13.2 Å². The number of aryl methyl sites for hydroxylation is 1. The SMILES string of the molecule is COc1c(-c2ccccc2O)cc(C)cc1C(C)Nc1c(C(C)C)cccc1C(C)C. The second kappa shape index (κ2) is 9.47. The predicted molar refractivity (Wildman–Crippen MR) is 131 cm³/mol. The van der Waals surface area contributed by atoms with Crippen molar-refractivity contribution >= 4 is 5.69 Å². The molecule has 0 fully saturated rings. The summed E-state index contributed by atoms with van der Waals surface area (Å²) in [6.45, 7) is 13.2. The molecule has 0 saturated carbocycles. The summed E-state index contributed by atoms with van der Waals surface area (Å²) in [5, 5.41) is 14.3. The normalized spacial score (nSPS) is 12.3. The van der Waals surface area contributed by atoms with Gasteiger partial charge < -0.3 is 15.2 Å². The zero-order valence-corrected chi connectivity index (χ0v) is 19.8. The maximum atomic E-state index is 10.5. The first-order chi connectivity index (χ1) is 14.7. The molecule has 0 amide bonds. The number of phenols is 1. The van der Waals surface area contributed by atoms with E-state index in [0.717, 1.165) is 28.0 Å². The van der Waals surface area contributed by atoms with Gasteiger partial charge in [0.15, 0.2) is 0 Å². The molecular formula is C28H35NO2. The van der Waals surface area contributed by atoms with Crippen LogP contribution in [-0.4, -0.2) is 12.2 Å². The van der Waals surface area contributed by atoms with Gasteiger partial charge in [0.25, 0.3) is 0 Å². The maximum Gasteiger partial charge on any atom is 0.132 e. The lowest BCUT2D eigenvalue weighted by atomic mass is 9.91. The lowest BCUT2D eigenvalue weighted by molar-refractivity contribution is 0.409. The predicted octanol–water partition coefficient (Wildman–Crippen LogP) is 7.80. The molecule has 3 aromatic rings. The van der Waals surface area contributed by atoms with E-state index in [4.69, 9.17) is 4.74 Å². The van der Waals surface area contributed by atoms with E-state index in [9.17, 15) is 5.11 Å². The molecule has 1 unspecified atom stereocenters. The summed E-state index contributed by atoms with van der Waals surface area (Å²) in [5.41, 5.74) is 7.76. The van der Waals surface area contributed by atoms with Gasteiger partial charge in [0.1, 0.15) is 11.5 Å². The third-order valence-electron chi connectivity index (χ3n) is 5.86. The van der Waals surface area contributed by atoms with Crippen molar-refractivity contribution in [2.24, 2.45) is 0 Å². The van der Waals surface area contributed by atoms with Gasteiger partial charge in [0, 0.05) is 22.4 Å². The number of rotatable bonds is 7. The van der Waals surface area contributed by atoms with Gasteiger partial charge in [-0.3, -0.25) is 0 Å². The zero-order chi connectivity index (χ0) is 22.7. The molecule has 3 rings (SSSR count). The molecule has 0 bridgehead atoms. The Morgan fingerprint density at radius 3 is 1.94 bits per heavy atom. The summed E-state index contributed by atoms with van der Waals surface area (Å²) < 4.78 is 5.90. The Labute approximate surface area is 187 Å². The van der Waals surface area contributed by atoms with Crippen molar-refractivity contribution in [2.75, 3.05) is 12.4 Å². The molecule has 0 aliphatic heterocycles. The minimum absolute atomic E-state index is 0.0249. The van der Waals surface area contributed by atoms with Crippen LogP contribution < -0.4 is 10.1 Å².